The summed E-state index contributed by atoms with van der Waals surface area (Å²) in [6.45, 7) is 0. The second-order valence-corrected chi connectivity index (χ2v) is 2.18. The Morgan fingerprint density at radius 1 is 1.33 bits per heavy atom. The van der Waals surface area contributed by atoms with Gasteiger partial charge in [0.1, 0.15) is 4.92 Å². The number of nitrogens with zero attached hydrogens (tertiary/aromatic N) is 1. The molecule has 0 radical (unpaired) electrons. The number of nitrogens with two attached hydrogens (primary N) is 1. The lowest BCUT2D eigenvalue weighted by molar-refractivity contribution is -0.375. The molecular weight excluding hydrogens is 160 g/mol. The number of anilines is 1. The van der Waals surface area contributed by atoms with Crippen LogP contribution in [-0.4, -0.2) is 10.8 Å². The zero-order chi connectivity index (χ0) is 9.14. The molecule has 2 N–H and O–H groups in total. The number of carbonyl (C=O) groups excluding carboxylic acids is 1. The summed E-state index contributed by atoms with van der Waals surface area (Å²) in [5, 5.41) is 10.0. The van der Waals surface area contributed by atoms with E-state index < -0.39 is 10.8 Å². The SMILES string of the molecule is Nc1ccc(C(=O)[N+](=O)[O-])cc1. The molecule has 5 heteroatoms. The van der Waals surface area contributed by atoms with Gasteiger partial charge < -0.3 is 5.73 Å². The maximum absolute atomic E-state index is 10.7. The Hall–Kier alpha value is -1.91. The first-order valence-electron chi connectivity index (χ1n) is 3.15. The summed E-state index contributed by atoms with van der Waals surface area (Å²) in [6, 6.07) is 5.52. The summed E-state index contributed by atoms with van der Waals surface area (Å²) in [5.74, 6) is -1.12. The lowest BCUT2D eigenvalue weighted by Gasteiger charge is -1.92. The maximum Gasteiger partial charge on any atom is 0.476 e. The average Bonchev–Trinajstić information content (AvgIpc) is 2.04. The number of benzene rings is 1. The van der Waals surface area contributed by atoms with Crippen LogP contribution in [0.15, 0.2) is 24.3 Å². The zero-order valence-electron chi connectivity index (χ0n) is 6.06. The fraction of sp³-hybridized carbons (Fsp3) is 0. The fourth-order valence-electron chi connectivity index (χ4n) is 0.731. The largest absolute Gasteiger partial charge is 0.476 e. The van der Waals surface area contributed by atoms with Gasteiger partial charge in [-0.25, -0.2) is 4.79 Å². The van der Waals surface area contributed by atoms with Crippen molar-refractivity contribution in [2.24, 2.45) is 0 Å². The van der Waals surface area contributed by atoms with E-state index in [1.807, 2.05) is 0 Å². The number of carbonyl (C=O) groups is 1. The summed E-state index contributed by atoms with van der Waals surface area (Å²) in [4.78, 5) is 19.8. The normalized spacial score (nSPS) is 9.33. The van der Waals surface area contributed by atoms with Crippen LogP contribution in [0.4, 0.5) is 5.69 Å². The van der Waals surface area contributed by atoms with Gasteiger partial charge in [0.2, 0.25) is 0 Å². The van der Waals surface area contributed by atoms with Crippen molar-refractivity contribution in [2.45, 2.75) is 0 Å². The summed E-state index contributed by atoms with van der Waals surface area (Å²) in [5.41, 5.74) is 5.83. The number of nitrogen functional groups attached to an aromatic ring is 1. The van der Waals surface area contributed by atoms with E-state index in [9.17, 15) is 14.9 Å². The van der Waals surface area contributed by atoms with Crippen molar-refractivity contribution in [3.8, 4) is 0 Å². The van der Waals surface area contributed by atoms with Crippen LogP contribution in [0.2, 0.25) is 0 Å². The van der Waals surface area contributed by atoms with Crippen molar-refractivity contribution in [1.82, 2.24) is 0 Å². The summed E-state index contributed by atoms with van der Waals surface area (Å²) in [6.07, 6.45) is 0. The number of hydrogen-bond acceptors (Lipinski definition) is 4. The molecule has 0 saturated carbocycles. The first-order chi connectivity index (χ1) is 5.61. The molecule has 0 unspecified atom stereocenters. The minimum Gasteiger partial charge on any atom is -0.399 e. The third-order valence-electron chi connectivity index (χ3n) is 1.32. The van der Waals surface area contributed by atoms with Gasteiger partial charge in [-0.15, -0.1) is 0 Å². The molecule has 0 aromatic heterocycles. The third-order valence-corrected chi connectivity index (χ3v) is 1.32. The van der Waals surface area contributed by atoms with Crippen LogP contribution in [0.1, 0.15) is 10.4 Å². The molecule has 1 amide bonds. The van der Waals surface area contributed by atoms with Gasteiger partial charge in [-0.3, -0.25) is 10.1 Å². The molecule has 62 valence electrons. The van der Waals surface area contributed by atoms with Crippen LogP contribution in [-0.2, 0) is 0 Å². The molecule has 0 aliphatic heterocycles. The van der Waals surface area contributed by atoms with Crippen molar-refractivity contribution in [2.75, 3.05) is 5.73 Å². The fourth-order valence-corrected chi connectivity index (χ4v) is 0.731. The summed E-state index contributed by atoms with van der Waals surface area (Å²) >= 11 is 0. The number of hydrogen-bond donors (Lipinski definition) is 1. The highest BCUT2D eigenvalue weighted by Crippen LogP contribution is 2.05. The Labute approximate surface area is 68.0 Å². The highest BCUT2D eigenvalue weighted by Gasteiger charge is 2.16. The molecule has 5 nitrogen and oxygen atoms in total. The van der Waals surface area contributed by atoms with E-state index in [0.29, 0.717) is 5.69 Å². The van der Waals surface area contributed by atoms with Crippen LogP contribution in [0.25, 0.3) is 0 Å². The minimum absolute atomic E-state index is 0.0363. The highest BCUT2D eigenvalue weighted by atomic mass is 16.6. The molecule has 0 aliphatic carbocycles. The van der Waals surface area contributed by atoms with Crippen LogP contribution < -0.4 is 5.73 Å². The quantitative estimate of drug-likeness (QED) is 0.377. The number of nitro groups is 1. The summed E-state index contributed by atoms with van der Waals surface area (Å²) in [7, 11) is 0. The molecule has 0 bridgehead atoms. The molecule has 0 aliphatic rings. The van der Waals surface area contributed by atoms with Gasteiger partial charge in [0, 0.05) is 5.69 Å². The molecule has 12 heavy (non-hydrogen) atoms. The Balaban J connectivity index is 2.98. The number of amides is 1. The maximum atomic E-state index is 10.7. The molecule has 1 aromatic carbocycles. The Morgan fingerprint density at radius 3 is 2.25 bits per heavy atom. The van der Waals surface area contributed by atoms with Crippen LogP contribution in [0, 0.1) is 10.1 Å². The lowest BCUT2D eigenvalue weighted by atomic mass is 10.2. The molecule has 0 fully saturated rings. The van der Waals surface area contributed by atoms with Crippen LogP contribution in [0.5, 0.6) is 0 Å². The van der Waals surface area contributed by atoms with Gasteiger partial charge in [-0.2, -0.15) is 0 Å². The van der Waals surface area contributed by atoms with Gasteiger partial charge in [-0.1, -0.05) is 0 Å². The smallest absolute Gasteiger partial charge is 0.399 e. The zero-order valence-corrected chi connectivity index (χ0v) is 6.06. The van der Waals surface area contributed by atoms with Crippen molar-refractivity contribution in [3.05, 3.63) is 39.9 Å². The van der Waals surface area contributed by atoms with Crippen molar-refractivity contribution in [1.29, 1.82) is 0 Å². The van der Waals surface area contributed by atoms with Crippen molar-refractivity contribution < 1.29 is 9.72 Å². The van der Waals surface area contributed by atoms with Crippen molar-refractivity contribution >= 4 is 11.6 Å². The second kappa shape index (κ2) is 3.00. The van der Waals surface area contributed by atoms with Gasteiger partial charge >= 0.3 is 5.91 Å². The molecule has 1 aromatic rings. The molecule has 0 spiro atoms. The van der Waals surface area contributed by atoms with Crippen LogP contribution >= 0.6 is 0 Å². The number of rotatable bonds is 1. The van der Waals surface area contributed by atoms with E-state index in [1.54, 1.807) is 0 Å². The first kappa shape index (κ1) is 8.19. The van der Waals surface area contributed by atoms with Crippen molar-refractivity contribution in [3.63, 3.8) is 0 Å². The van der Waals surface area contributed by atoms with Crippen LogP contribution in [0.3, 0.4) is 0 Å². The molecular formula is C7H6N2O3. The van der Waals surface area contributed by atoms with E-state index in [0.717, 1.165) is 0 Å². The van der Waals surface area contributed by atoms with E-state index >= 15 is 0 Å². The Morgan fingerprint density at radius 2 is 1.83 bits per heavy atom. The van der Waals surface area contributed by atoms with Gasteiger partial charge in [0.05, 0.1) is 5.56 Å². The second-order valence-electron chi connectivity index (χ2n) is 2.18. The molecule has 0 saturated heterocycles. The Bertz CT molecular complexity index is 318. The topological polar surface area (TPSA) is 86.2 Å². The van der Waals surface area contributed by atoms with E-state index in [-0.39, 0.29) is 5.56 Å². The predicted octanol–water partition coefficient (Wildman–Crippen LogP) is 0.686. The minimum atomic E-state index is -1.12. The van der Waals surface area contributed by atoms with E-state index in [1.165, 1.54) is 24.3 Å². The van der Waals surface area contributed by atoms with Gasteiger partial charge in [-0.05, 0) is 24.3 Å². The molecule has 0 atom stereocenters. The van der Waals surface area contributed by atoms with Gasteiger partial charge in [0.25, 0.3) is 0 Å². The molecule has 0 heterocycles. The first-order valence-corrected chi connectivity index (χ1v) is 3.15. The Kier molecular flexibility index (Phi) is 2.05. The lowest BCUT2D eigenvalue weighted by Crippen LogP contribution is -2.11. The van der Waals surface area contributed by atoms with Gasteiger partial charge in [0.15, 0.2) is 0 Å². The average molecular weight is 166 g/mol. The monoisotopic (exact) mass is 166 g/mol. The van der Waals surface area contributed by atoms with E-state index in [2.05, 4.69) is 0 Å². The summed E-state index contributed by atoms with van der Waals surface area (Å²) < 4.78 is 0. The highest BCUT2D eigenvalue weighted by molar-refractivity contribution is 5.88. The standard InChI is InChI=1S/C7H6N2O3/c8-6-3-1-5(2-4-6)7(10)9(11)12/h1-4H,8H2. The molecule has 1 rings (SSSR count). The van der Waals surface area contributed by atoms with E-state index in [4.69, 9.17) is 5.73 Å². The third kappa shape index (κ3) is 1.57. The predicted molar refractivity (Wildman–Crippen MR) is 42.2 cm³/mol.